The molecule has 0 saturated heterocycles. The van der Waals surface area contributed by atoms with Crippen LogP contribution in [0.15, 0.2) is 53.6 Å². The van der Waals surface area contributed by atoms with Crippen LogP contribution in [0.3, 0.4) is 0 Å². The number of nitriles is 2. The van der Waals surface area contributed by atoms with Crippen molar-refractivity contribution in [2.75, 3.05) is 0 Å². The Morgan fingerprint density at radius 2 is 1.73 bits per heavy atom. The lowest BCUT2D eigenvalue weighted by Gasteiger charge is -1.92. The summed E-state index contributed by atoms with van der Waals surface area (Å²) in [4.78, 5) is 4.63. The summed E-state index contributed by atoms with van der Waals surface area (Å²) in [6.45, 7) is 7.00. The average molecular weight is 307 g/mol. The third-order valence-corrected chi connectivity index (χ3v) is 3.72. The maximum absolute atomic E-state index is 6.50. The number of nitrogens with zero attached hydrogens (tertiary/aromatic N) is 4. The van der Waals surface area contributed by atoms with Gasteiger partial charge in [-0.25, -0.2) is 15.5 Å². The van der Waals surface area contributed by atoms with Crippen LogP contribution in [0.4, 0.5) is 0 Å². The number of hydrogen-bond acceptors (Lipinski definition) is 6. The molecule has 0 radical (unpaired) electrons. The van der Waals surface area contributed by atoms with Crippen LogP contribution in [-0.2, 0) is 0 Å². The molecule has 0 unspecified atom stereocenters. The molecule has 6 heteroatoms. The molecule has 1 aromatic heterocycles. The Labute approximate surface area is 132 Å². The molecule has 3 rings (SSSR count). The minimum Gasteiger partial charge on any atom is -0.323 e. The van der Waals surface area contributed by atoms with E-state index in [4.69, 9.17) is 16.4 Å². The van der Waals surface area contributed by atoms with Crippen molar-refractivity contribution in [2.24, 2.45) is 10.9 Å². The Balaban J connectivity index is 0.000000561. The minimum absolute atomic E-state index is 0.994. The first-order valence-corrected chi connectivity index (χ1v) is 6.89. The smallest absolute Gasteiger partial charge is 0.124 e. The lowest BCUT2D eigenvalue weighted by atomic mass is 10.2. The molecule has 1 heterocycles. The highest BCUT2D eigenvalue weighted by molar-refractivity contribution is 7.21. The summed E-state index contributed by atoms with van der Waals surface area (Å²) < 4.78 is 1.14. The summed E-state index contributed by atoms with van der Waals surface area (Å²) in [6.07, 6.45) is 1.64. The fourth-order valence-electron chi connectivity index (χ4n) is 1.81. The van der Waals surface area contributed by atoms with Gasteiger partial charge in [0.15, 0.2) is 0 Å². The predicted molar refractivity (Wildman–Crippen MR) is 90.2 cm³/mol. The zero-order chi connectivity index (χ0) is 16.4. The Morgan fingerprint density at radius 3 is 2.36 bits per heavy atom. The van der Waals surface area contributed by atoms with E-state index in [-0.39, 0.29) is 0 Å². The van der Waals surface area contributed by atoms with E-state index in [0.29, 0.717) is 0 Å². The molecule has 5 nitrogen and oxygen atoms in total. The summed E-state index contributed by atoms with van der Waals surface area (Å²) in [5, 5.41) is 17.6. The molecule has 0 fully saturated rings. The van der Waals surface area contributed by atoms with Crippen molar-refractivity contribution >= 4 is 27.8 Å². The van der Waals surface area contributed by atoms with E-state index in [1.54, 1.807) is 17.6 Å². The summed E-state index contributed by atoms with van der Waals surface area (Å²) in [7, 11) is 0. The molecular formula is C16H13N5S. The summed E-state index contributed by atoms with van der Waals surface area (Å²) >= 11 is 1.68. The number of rotatable bonds is 2. The molecule has 0 aliphatic heterocycles. The highest BCUT2D eigenvalue weighted by Gasteiger charge is 2.05. The first-order chi connectivity index (χ1) is 10.9. The van der Waals surface area contributed by atoms with Crippen molar-refractivity contribution in [3.05, 3.63) is 54.1 Å². The molecule has 0 amide bonds. The second-order valence-electron chi connectivity index (χ2n) is 3.89. The predicted octanol–water partition coefficient (Wildman–Crippen LogP) is 3.54. The fourth-order valence-corrected chi connectivity index (χ4v) is 2.83. The van der Waals surface area contributed by atoms with Crippen molar-refractivity contribution in [3.8, 4) is 23.7 Å². The molecule has 22 heavy (non-hydrogen) atoms. The number of fused-ring (bicyclic) bond motifs is 1. The van der Waals surface area contributed by atoms with Crippen molar-refractivity contribution in [1.82, 2.24) is 4.98 Å². The van der Waals surface area contributed by atoms with Crippen molar-refractivity contribution in [1.29, 1.82) is 10.5 Å². The lowest BCUT2D eigenvalue weighted by Crippen LogP contribution is -1.85. The summed E-state index contributed by atoms with van der Waals surface area (Å²) in [5.41, 5.74) is 3.15. The monoisotopic (exact) mass is 307 g/mol. The maximum atomic E-state index is 6.50. The van der Waals surface area contributed by atoms with Crippen LogP contribution in [0.1, 0.15) is 5.56 Å². The van der Waals surface area contributed by atoms with Crippen LogP contribution in [0.2, 0.25) is 0 Å². The van der Waals surface area contributed by atoms with Gasteiger partial charge >= 0.3 is 0 Å². The molecule has 0 atom stereocenters. The molecule has 0 bridgehead atoms. The van der Waals surface area contributed by atoms with Gasteiger partial charge in [-0.15, -0.1) is 11.3 Å². The van der Waals surface area contributed by atoms with Gasteiger partial charge in [-0.1, -0.05) is 36.4 Å². The third kappa shape index (κ3) is 3.89. The van der Waals surface area contributed by atoms with Gasteiger partial charge in [-0.3, -0.25) is 0 Å². The van der Waals surface area contributed by atoms with E-state index in [1.807, 2.05) is 30.3 Å². The second-order valence-corrected chi connectivity index (χ2v) is 4.92. The zero-order valence-electron chi connectivity index (χ0n) is 11.6. The number of hydrazone groups is 1. The lowest BCUT2D eigenvalue weighted by molar-refractivity contribution is 1.26. The van der Waals surface area contributed by atoms with Crippen molar-refractivity contribution in [3.63, 3.8) is 0 Å². The second kappa shape index (κ2) is 8.85. The highest BCUT2D eigenvalue weighted by atomic mass is 32.1. The molecule has 0 aliphatic rings. The minimum atomic E-state index is 0.994. The number of aromatic nitrogens is 1. The Kier molecular flexibility index (Phi) is 6.77. The normalized spacial score (nSPS) is 9.45. The van der Waals surface area contributed by atoms with Crippen LogP contribution in [0.5, 0.6) is 0 Å². The number of hydrogen-bond donors (Lipinski definition) is 1. The standard InChI is InChI=1S/C14H11N3S.2CHN/c15-16-9-10-6-7-12-13(8-10)18-14(17-12)11-4-2-1-3-5-11;2*1-2/h1-9H,15H2;2*1H. The van der Waals surface area contributed by atoms with Gasteiger partial charge in [0.2, 0.25) is 0 Å². The Morgan fingerprint density at radius 1 is 1.05 bits per heavy atom. The van der Waals surface area contributed by atoms with Gasteiger partial charge in [0.1, 0.15) is 5.01 Å². The molecule has 3 aromatic rings. The van der Waals surface area contributed by atoms with Crippen molar-refractivity contribution < 1.29 is 0 Å². The van der Waals surface area contributed by atoms with E-state index < -0.39 is 0 Å². The first-order valence-electron chi connectivity index (χ1n) is 6.08. The Bertz CT molecular complexity index is 781. The van der Waals surface area contributed by atoms with Gasteiger partial charge in [0, 0.05) is 18.7 Å². The SMILES string of the molecule is C#N.C#N.NN=Cc1ccc2nc(-c3ccccc3)sc2c1. The van der Waals surface area contributed by atoms with Gasteiger partial charge in [0.25, 0.3) is 0 Å². The fraction of sp³-hybridized carbons (Fsp3) is 0. The zero-order valence-corrected chi connectivity index (χ0v) is 12.4. The Hall–Kier alpha value is -3.22. The van der Waals surface area contributed by atoms with Gasteiger partial charge in [-0.05, 0) is 17.7 Å². The number of benzene rings is 2. The van der Waals surface area contributed by atoms with Gasteiger partial charge in [0.05, 0.1) is 16.4 Å². The summed E-state index contributed by atoms with van der Waals surface area (Å²) in [6, 6.07) is 16.2. The molecule has 2 N–H and O–H groups in total. The molecule has 108 valence electrons. The quantitative estimate of drug-likeness (QED) is 0.444. The van der Waals surface area contributed by atoms with Crippen LogP contribution >= 0.6 is 11.3 Å². The van der Waals surface area contributed by atoms with Crippen LogP contribution in [0.25, 0.3) is 20.8 Å². The van der Waals surface area contributed by atoms with E-state index >= 15 is 0 Å². The molecular weight excluding hydrogens is 294 g/mol. The van der Waals surface area contributed by atoms with Crippen LogP contribution in [0, 0.1) is 23.7 Å². The van der Waals surface area contributed by atoms with Gasteiger partial charge < -0.3 is 5.84 Å². The van der Waals surface area contributed by atoms with E-state index in [2.05, 4.69) is 41.4 Å². The third-order valence-electron chi connectivity index (χ3n) is 2.66. The van der Waals surface area contributed by atoms with Crippen LogP contribution < -0.4 is 5.84 Å². The van der Waals surface area contributed by atoms with E-state index in [9.17, 15) is 0 Å². The van der Waals surface area contributed by atoms with Crippen molar-refractivity contribution in [2.45, 2.75) is 0 Å². The van der Waals surface area contributed by atoms with E-state index in [1.165, 1.54) is 0 Å². The maximum Gasteiger partial charge on any atom is 0.124 e. The summed E-state index contributed by atoms with van der Waals surface area (Å²) in [5.74, 6) is 5.16. The van der Waals surface area contributed by atoms with Crippen LogP contribution in [-0.4, -0.2) is 11.2 Å². The number of thiazole rings is 1. The topological polar surface area (TPSA) is 98.8 Å². The molecule has 0 saturated carbocycles. The highest BCUT2D eigenvalue weighted by Crippen LogP contribution is 2.30. The molecule has 2 aromatic carbocycles. The first kappa shape index (κ1) is 16.8. The molecule has 0 aliphatic carbocycles. The molecule has 0 spiro atoms. The largest absolute Gasteiger partial charge is 0.323 e. The van der Waals surface area contributed by atoms with E-state index in [0.717, 1.165) is 26.4 Å². The van der Waals surface area contributed by atoms with Gasteiger partial charge in [-0.2, -0.15) is 5.10 Å². The number of nitrogens with two attached hydrogens (primary N) is 1. The average Bonchev–Trinajstić information content (AvgIpc) is 3.03.